The van der Waals surface area contributed by atoms with E-state index in [4.69, 9.17) is 0 Å². The first-order chi connectivity index (χ1) is 8.06. The molecule has 0 amide bonds. The Morgan fingerprint density at radius 3 is 2.82 bits per heavy atom. The molecule has 0 spiro atoms. The van der Waals surface area contributed by atoms with Gasteiger partial charge in [-0.1, -0.05) is 0 Å². The number of thiazole rings is 1. The molecule has 2 rings (SSSR count). The summed E-state index contributed by atoms with van der Waals surface area (Å²) in [5.74, 6) is 0. The van der Waals surface area contributed by atoms with Gasteiger partial charge in [0.15, 0.2) is 0 Å². The zero-order valence-corrected chi connectivity index (χ0v) is 12.1. The van der Waals surface area contributed by atoms with Crippen LogP contribution >= 0.6 is 11.3 Å². The molecule has 2 atom stereocenters. The maximum Gasteiger partial charge on any atom is 0.107 e. The molecule has 1 N–H and O–H groups in total. The number of aryl methyl sites for hydroxylation is 2. The van der Waals surface area contributed by atoms with E-state index in [9.17, 15) is 0 Å². The summed E-state index contributed by atoms with van der Waals surface area (Å²) in [6.45, 7) is 12.1. The summed E-state index contributed by atoms with van der Waals surface area (Å²) in [5.41, 5.74) is 1.19. The van der Waals surface area contributed by atoms with Crippen molar-refractivity contribution in [2.24, 2.45) is 0 Å². The van der Waals surface area contributed by atoms with Crippen LogP contribution < -0.4 is 5.32 Å². The molecule has 1 aliphatic rings. The van der Waals surface area contributed by atoms with Gasteiger partial charge in [0.2, 0.25) is 0 Å². The van der Waals surface area contributed by atoms with Gasteiger partial charge < -0.3 is 5.32 Å². The first-order valence-corrected chi connectivity index (χ1v) is 7.28. The predicted molar refractivity (Wildman–Crippen MR) is 73.5 cm³/mol. The summed E-state index contributed by atoms with van der Waals surface area (Å²) in [7, 11) is 0. The first-order valence-electron chi connectivity index (χ1n) is 6.46. The molecule has 1 saturated heterocycles. The topological polar surface area (TPSA) is 28.2 Å². The summed E-state index contributed by atoms with van der Waals surface area (Å²) in [6, 6.07) is 1.24. The lowest BCUT2D eigenvalue weighted by Gasteiger charge is -2.26. The maximum absolute atomic E-state index is 4.65. The van der Waals surface area contributed by atoms with Crippen molar-refractivity contribution in [2.75, 3.05) is 13.1 Å². The lowest BCUT2D eigenvalue weighted by Crippen LogP contribution is -2.37. The van der Waals surface area contributed by atoms with Crippen LogP contribution in [0.5, 0.6) is 0 Å². The van der Waals surface area contributed by atoms with Gasteiger partial charge in [-0.2, -0.15) is 0 Å². The molecule has 1 aromatic heterocycles. The molecule has 2 unspecified atom stereocenters. The molecule has 0 bridgehead atoms. The Kier molecular flexibility index (Phi) is 4.17. The summed E-state index contributed by atoms with van der Waals surface area (Å²) in [6.07, 6.45) is 1.23. The molecule has 1 aliphatic heterocycles. The highest BCUT2D eigenvalue weighted by atomic mass is 32.1. The highest BCUT2D eigenvalue weighted by Gasteiger charge is 2.21. The molecule has 1 aromatic rings. The fraction of sp³-hybridized carbons (Fsp3) is 0.769. The van der Waals surface area contributed by atoms with Gasteiger partial charge in [-0.3, -0.25) is 4.90 Å². The Labute approximate surface area is 108 Å². The molecule has 4 heteroatoms. The zero-order chi connectivity index (χ0) is 12.4. The van der Waals surface area contributed by atoms with Crippen LogP contribution in [-0.4, -0.2) is 35.1 Å². The SMILES string of the molecule is Cc1nc(CN2CC(C)NCCC2C)sc1C. The van der Waals surface area contributed by atoms with Crippen LogP contribution in [-0.2, 0) is 6.54 Å². The van der Waals surface area contributed by atoms with Gasteiger partial charge in [0, 0.05) is 23.5 Å². The minimum atomic E-state index is 0.585. The van der Waals surface area contributed by atoms with Crippen LogP contribution in [0.15, 0.2) is 0 Å². The molecule has 2 heterocycles. The van der Waals surface area contributed by atoms with Crippen molar-refractivity contribution in [3.05, 3.63) is 15.6 Å². The van der Waals surface area contributed by atoms with Gasteiger partial charge in [0.1, 0.15) is 5.01 Å². The van der Waals surface area contributed by atoms with Crippen LogP contribution in [0.4, 0.5) is 0 Å². The maximum atomic E-state index is 4.65. The van der Waals surface area contributed by atoms with Crippen molar-refractivity contribution in [3.63, 3.8) is 0 Å². The van der Waals surface area contributed by atoms with E-state index in [1.54, 1.807) is 0 Å². The van der Waals surface area contributed by atoms with Crippen LogP contribution in [0.1, 0.15) is 35.8 Å². The van der Waals surface area contributed by atoms with E-state index in [-0.39, 0.29) is 0 Å². The van der Waals surface area contributed by atoms with Gasteiger partial charge in [0.25, 0.3) is 0 Å². The summed E-state index contributed by atoms with van der Waals surface area (Å²) in [4.78, 5) is 8.56. The number of hydrogen-bond donors (Lipinski definition) is 1. The first kappa shape index (κ1) is 13.0. The fourth-order valence-electron chi connectivity index (χ4n) is 2.32. The van der Waals surface area contributed by atoms with E-state index in [1.165, 1.54) is 22.0 Å². The summed E-state index contributed by atoms with van der Waals surface area (Å²) >= 11 is 1.84. The van der Waals surface area contributed by atoms with E-state index < -0.39 is 0 Å². The van der Waals surface area contributed by atoms with Crippen LogP contribution in [0.2, 0.25) is 0 Å². The lowest BCUT2D eigenvalue weighted by molar-refractivity contribution is 0.198. The Hall–Kier alpha value is -0.450. The second-order valence-electron chi connectivity index (χ2n) is 5.17. The Bertz CT molecular complexity index is 355. The third-order valence-corrected chi connectivity index (χ3v) is 4.66. The summed E-state index contributed by atoms with van der Waals surface area (Å²) < 4.78 is 0. The highest BCUT2D eigenvalue weighted by Crippen LogP contribution is 2.20. The normalized spacial score (nSPS) is 27.1. The number of hydrogen-bond acceptors (Lipinski definition) is 4. The standard InChI is InChI=1S/C13H23N3S/c1-9-7-16(10(2)5-6-14-9)8-13-15-11(3)12(4)17-13/h9-10,14H,5-8H2,1-4H3. The quantitative estimate of drug-likeness (QED) is 0.877. The van der Waals surface area contributed by atoms with E-state index in [0.29, 0.717) is 12.1 Å². The third kappa shape index (κ3) is 3.27. The number of nitrogens with one attached hydrogen (secondary N) is 1. The van der Waals surface area contributed by atoms with Crippen molar-refractivity contribution < 1.29 is 0 Å². The lowest BCUT2D eigenvalue weighted by atomic mass is 10.2. The van der Waals surface area contributed by atoms with Crippen LogP contribution in [0, 0.1) is 13.8 Å². The smallest absolute Gasteiger partial charge is 0.107 e. The molecule has 0 saturated carbocycles. The van der Waals surface area contributed by atoms with E-state index in [0.717, 1.165) is 19.6 Å². The summed E-state index contributed by atoms with van der Waals surface area (Å²) in [5, 5.41) is 4.81. The van der Waals surface area contributed by atoms with Crippen molar-refractivity contribution in [3.8, 4) is 0 Å². The van der Waals surface area contributed by atoms with Crippen molar-refractivity contribution in [2.45, 2.75) is 52.7 Å². The van der Waals surface area contributed by atoms with Gasteiger partial charge in [-0.25, -0.2) is 4.98 Å². The van der Waals surface area contributed by atoms with Crippen molar-refractivity contribution in [1.82, 2.24) is 15.2 Å². The van der Waals surface area contributed by atoms with Gasteiger partial charge in [-0.15, -0.1) is 11.3 Å². The Morgan fingerprint density at radius 2 is 2.18 bits per heavy atom. The molecule has 0 radical (unpaired) electrons. The number of aromatic nitrogens is 1. The minimum absolute atomic E-state index is 0.585. The van der Waals surface area contributed by atoms with Gasteiger partial charge >= 0.3 is 0 Å². The average molecular weight is 253 g/mol. The van der Waals surface area contributed by atoms with Crippen molar-refractivity contribution in [1.29, 1.82) is 0 Å². The molecule has 17 heavy (non-hydrogen) atoms. The third-order valence-electron chi connectivity index (χ3n) is 3.60. The minimum Gasteiger partial charge on any atom is -0.313 e. The molecular weight excluding hydrogens is 230 g/mol. The highest BCUT2D eigenvalue weighted by molar-refractivity contribution is 7.11. The number of nitrogens with zero attached hydrogens (tertiary/aromatic N) is 2. The molecule has 0 aliphatic carbocycles. The Morgan fingerprint density at radius 1 is 1.41 bits per heavy atom. The predicted octanol–water partition coefficient (Wildman–Crippen LogP) is 2.33. The Balaban J connectivity index is 2.05. The molecule has 1 fully saturated rings. The van der Waals surface area contributed by atoms with Crippen LogP contribution in [0.3, 0.4) is 0 Å². The average Bonchev–Trinajstić information content (AvgIpc) is 2.47. The van der Waals surface area contributed by atoms with E-state index in [2.05, 4.69) is 42.9 Å². The van der Waals surface area contributed by atoms with Crippen molar-refractivity contribution >= 4 is 11.3 Å². The second kappa shape index (κ2) is 5.46. The van der Waals surface area contributed by atoms with Gasteiger partial charge in [-0.05, 0) is 40.7 Å². The van der Waals surface area contributed by atoms with Crippen LogP contribution in [0.25, 0.3) is 0 Å². The molecule has 96 valence electrons. The van der Waals surface area contributed by atoms with E-state index in [1.807, 2.05) is 11.3 Å². The molecule has 0 aromatic carbocycles. The van der Waals surface area contributed by atoms with Gasteiger partial charge in [0.05, 0.1) is 12.2 Å². The monoisotopic (exact) mass is 253 g/mol. The fourth-order valence-corrected chi connectivity index (χ4v) is 3.28. The largest absolute Gasteiger partial charge is 0.313 e. The molecule has 3 nitrogen and oxygen atoms in total. The zero-order valence-electron chi connectivity index (χ0n) is 11.3. The molecular formula is C13H23N3S. The number of rotatable bonds is 2. The van der Waals surface area contributed by atoms with E-state index >= 15 is 0 Å². The second-order valence-corrected chi connectivity index (χ2v) is 6.46.